The van der Waals surface area contributed by atoms with Gasteiger partial charge in [-0.2, -0.15) is 0 Å². The van der Waals surface area contributed by atoms with E-state index in [0.29, 0.717) is 12.2 Å². The zero-order chi connectivity index (χ0) is 24.0. The SMILES string of the molecule is Cc1nc(-c2ccc(-c3cncnc3)cc2)c2c(n1)[C@@]1(c3ccccc3)CCC(=O)[C@@H](C)[C@@H]1CC2. The van der Waals surface area contributed by atoms with E-state index >= 15 is 0 Å². The highest BCUT2D eigenvalue weighted by atomic mass is 16.1. The van der Waals surface area contributed by atoms with Crippen LogP contribution in [0, 0.1) is 18.8 Å². The van der Waals surface area contributed by atoms with Gasteiger partial charge in [0.05, 0.1) is 11.4 Å². The van der Waals surface area contributed by atoms with E-state index in [1.54, 1.807) is 6.33 Å². The van der Waals surface area contributed by atoms with Gasteiger partial charge >= 0.3 is 0 Å². The molecule has 2 aromatic heterocycles. The van der Waals surface area contributed by atoms with E-state index in [-0.39, 0.29) is 17.3 Å². The Morgan fingerprint density at radius 2 is 1.57 bits per heavy atom. The Bertz CT molecular complexity index is 1390. The minimum absolute atomic E-state index is 0.0307. The monoisotopic (exact) mass is 460 g/mol. The lowest BCUT2D eigenvalue weighted by Crippen LogP contribution is -2.50. The van der Waals surface area contributed by atoms with Gasteiger partial charge in [0.2, 0.25) is 0 Å². The zero-order valence-electron chi connectivity index (χ0n) is 20.1. The number of hydrogen-bond acceptors (Lipinski definition) is 5. The molecule has 6 rings (SSSR count). The fourth-order valence-electron chi connectivity index (χ4n) is 6.41. The summed E-state index contributed by atoms with van der Waals surface area (Å²) in [7, 11) is 0. The van der Waals surface area contributed by atoms with Crippen LogP contribution in [0.15, 0.2) is 73.3 Å². The van der Waals surface area contributed by atoms with E-state index in [0.717, 1.165) is 53.2 Å². The summed E-state index contributed by atoms with van der Waals surface area (Å²) in [6, 6.07) is 19.2. The number of carbonyl (C=O) groups is 1. The highest BCUT2D eigenvalue weighted by molar-refractivity contribution is 5.83. The molecule has 3 atom stereocenters. The molecule has 1 saturated carbocycles. The molecule has 0 bridgehead atoms. The highest BCUT2D eigenvalue weighted by Gasteiger charge is 2.53. The van der Waals surface area contributed by atoms with Crippen LogP contribution in [-0.4, -0.2) is 25.7 Å². The lowest BCUT2D eigenvalue weighted by Gasteiger charge is -2.50. The molecular weight excluding hydrogens is 432 g/mol. The Labute approximate surface area is 205 Å². The first-order valence-electron chi connectivity index (χ1n) is 12.4. The van der Waals surface area contributed by atoms with Crippen LogP contribution in [0.3, 0.4) is 0 Å². The van der Waals surface area contributed by atoms with Gasteiger partial charge in [-0.15, -0.1) is 0 Å². The van der Waals surface area contributed by atoms with E-state index in [9.17, 15) is 4.79 Å². The molecule has 0 saturated heterocycles. The second-order valence-electron chi connectivity index (χ2n) is 9.89. The molecule has 1 fully saturated rings. The van der Waals surface area contributed by atoms with Crippen LogP contribution in [-0.2, 0) is 16.6 Å². The van der Waals surface area contributed by atoms with Gasteiger partial charge in [-0.25, -0.2) is 19.9 Å². The molecule has 2 aliphatic rings. The predicted octanol–water partition coefficient (Wildman–Crippen LogP) is 5.76. The molecule has 2 heterocycles. The van der Waals surface area contributed by atoms with E-state index in [1.165, 1.54) is 11.1 Å². The summed E-state index contributed by atoms with van der Waals surface area (Å²) in [6.45, 7) is 4.11. The number of Topliss-reactive ketones (excluding diaryl/α,β-unsaturated/α-hetero) is 1. The third kappa shape index (κ3) is 3.49. The molecule has 35 heavy (non-hydrogen) atoms. The van der Waals surface area contributed by atoms with Crippen molar-refractivity contribution in [3.05, 3.63) is 96.0 Å². The van der Waals surface area contributed by atoms with Crippen LogP contribution in [0.25, 0.3) is 22.4 Å². The largest absolute Gasteiger partial charge is 0.299 e. The van der Waals surface area contributed by atoms with Crippen molar-refractivity contribution in [2.45, 2.75) is 44.9 Å². The van der Waals surface area contributed by atoms with Crippen molar-refractivity contribution in [2.24, 2.45) is 11.8 Å². The summed E-state index contributed by atoms with van der Waals surface area (Å²) in [4.78, 5) is 31.2. The summed E-state index contributed by atoms with van der Waals surface area (Å²) in [5.41, 5.74) is 7.55. The van der Waals surface area contributed by atoms with Crippen molar-refractivity contribution < 1.29 is 4.79 Å². The molecule has 2 aliphatic carbocycles. The summed E-state index contributed by atoms with van der Waals surface area (Å²) in [5, 5.41) is 0. The maximum absolute atomic E-state index is 12.8. The lowest BCUT2D eigenvalue weighted by molar-refractivity contribution is -0.128. The Hall–Kier alpha value is -3.73. The van der Waals surface area contributed by atoms with Gasteiger partial charge < -0.3 is 0 Å². The number of carbonyl (C=O) groups excluding carboxylic acids is 1. The number of benzene rings is 2. The van der Waals surface area contributed by atoms with Crippen LogP contribution in [0.1, 0.15) is 48.8 Å². The number of aryl methyl sites for hydroxylation is 1. The standard InChI is InChI=1S/C30H28N4O/c1-19-26-13-12-25-28(22-10-8-21(9-11-22)23-16-31-18-32-17-23)33-20(2)34-29(25)30(26,15-14-27(19)35)24-6-4-3-5-7-24/h3-11,16-19,26H,12-15H2,1-2H3/t19-,26-,30+/m0/s1. The molecule has 0 unspecified atom stereocenters. The van der Waals surface area contributed by atoms with Gasteiger partial charge in [-0.1, -0.05) is 61.5 Å². The number of fused-ring (bicyclic) bond motifs is 3. The first-order valence-corrected chi connectivity index (χ1v) is 12.4. The molecule has 5 nitrogen and oxygen atoms in total. The van der Waals surface area contributed by atoms with Crippen LogP contribution in [0.2, 0.25) is 0 Å². The van der Waals surface area contributed by atoms with Gasteiger partial charge in [0.1, 0.15) is 17.9 Å². The van der Waals surface area contributed by atoms with Gasteiger partial charge in [0.15, 0.2) is 0 Å². The topological polar surface area (TPSA) is 68.6 Å². The Morgan fingerprint density at radius 3 is 2.31 bits per heavy atom. The first-order chi connectivity index (χ1) is 17.1. The van der Waals surface area contributed by atoms with E-state index in [2.05, 4.69) is 71.5 Å². The molecule has 2 aromatic carbocycles. The molecule has 0 spiro atoms. The number of ketones is 1. The van der Waals surface area contributed by atoms with Crippen LogP contribution >= 0.6 is 0 Å². The lowest BCUT2D eigenvalue weighted by atomic mass is 9.52. The quantitative estimate of drug-likeness (QED) is 0.389. The smallest absolute Gasteiger partial charge is 0.136 e. The number of nitrogens with zero attached hydrogens (tertiary/aromatic N) is 4. The molecule has 0 N–H and O–H groups in total. The third-order valence-corrected chi connectivity index (χ3v) is 8.10. The minimum Gasteiger partial charge on any atom is -0.299 e. The van der Waals surface area contributed by atoms with Gasteiger partial charge in [-0.05, 0) is 43.2 Å². The van der Waals surface area contributed by atoms with E-state index < -0.39 is 0 Å². The fourth-order valence-corrected chi connectivity index (χ4v) is 6.41. The van der Waals surface area contributed by atoms with Crippen LogP contribution < -0.4 is 0 Å². The number of rotatable bonds is 3. The van der Waals surface area contributed by atoms with Crippen molar-refractivity contribution >= 4 is 5.78 Å². The molecular formula is C30H28N4O. The van der Waals surface area contributed by atoms with E-state index in [4.69, 9.17) is 9.97 Å². The molecule has 0 radical (unpaired) electrons. The van der Waals surface area contributed by atoms with Crippen molar-refractivity contribution in [1.82, 2.24) is 19.9 Å². The molecule has 4 aromatic rings. The van der Waals surface area contributed by atoms with E-state index in [1.807, 2.05) is 19.3 Å². The van der Waals surface area contributed by atoms with Crippen molar-refractivity contribution in [3.8, 4) is 22.4 Å². The van der Waals surface area contributed by atoms with Gasteiger partial charge in [0, 0.05) is 46.8 Å². The molecule has 5 heteroatoms. The third-order valence-electron chi connectivity index (χ3n) is 8.10. The minimum atomic E-state index is -0.258. The Kier molecular flexibility index (Phi) is 5.28. The average Bonchev–Trinajstić information content (AvgIpc) is 2.91. The average molecular weight is 461 g/mol. The fraction of sp³-hybridized carbons (Fsp3) is 0.300. The van der Waals surface area contributed by atoms with Crippen molar-refractivity contribution in [2.75, 3.05) is 0 Å². The first kappa shape index (κ1) is 21.8. The predicted molar refractivity (Wildman–Crippen MR) is 136 cm³/mol. The summed E-state index contributed by atoms with van der Waals surface area (Å²) in [6.07, 6.45) is 8.45. The maximum Gasteiger partial charge on any atom is 0.136 e. The highest BCUT2D eigenvalue weighted by Crippen LogP contribution is 2.55. The second kappa shape index (κ2) is 8.49. The molecule has 0 aliphatic heterocycles. The summed E-state index contributed by atoms with van der Waals surface area (Å²) < 4.78 is 0. The summed E-state index contributed by atoms with van der Waals surface area (Å²) >= 11 is 0. The van der Waals surface area contributed by atoms with Crippen LogP contribution in [0.4, 0.5) is 0 Å². The van der Waals surface area contributed by atoms with Gasteiger partial charge in [0.25, 0.3) is 0 Å². The molecule has 0 amide bonds. The van der Waals surface area contributed by atoms with Crippen molar-refractivity contribution in [1.29, 1.82) is 0 Å². The maximum atomic E-state index is 12.8. The summed E-state index contributed by atoms with van der Waals surface area (Å²) in [5.74, 6) is 1.45. The number of hydrogen-bond donors (Lipinski definition) is 0. The second-order valence-corrected chi connectivity index (χ2v) is 9.89. The van der Waals surface area contributed by atoms with Crippen LogP contribution in [0.5, 0.6) is 0 Å². The molecule has 174 valence electrons. The Balaban J connectivity index is 1.52. The Morgan fingerprint density at radius 1 is 0.857 bits per heavy atom. The normalized spacial score (nSPS) is 23.4. The van der Waals surface area contributed by atoms with Gasteiger partial charge in [-0.3, -0.25) is 4.79 Å². The number of aromatic nitrogens is 4. The zero-order valence-corrected chi connectivity index (χ0v) is 20.1. The van der Waals surface area contributed by atoms with Crippen molar-refractivity contribution in [3.63, 3.8) is 0 Å².